The topological polar surface area (TPSA) is 37.7 Å². The number of carbonyl (C=O) groups excluding carboxylic acids is 1. The molecule has 0 N–H and O–H groups in total. The first-order valence-corrected chi connectivity index (χ1v) is 9.64. The molecule has 0 bridgehead atoms. The van der Waals surface area contributed by atoms with Crippen LogP contribution in [0, 0.1) is 12.3 Å². The molecule has 1 aromatic carbocycles. The van der Waals surface area contributed by atoms with Crippen LogP contribution in [0.1, 0.15) is 22.5 Å². The molecule has 2 saturated heterocycles. The molecule has 1 amide bonds. The van der Waals surface area contributed by atoms with Gasteiger partial charge >= 0.3 is 0 Å². The molecule has 0 saturated carbocycles. The highest BCUT2D eigenvalue weighted by atomic mass is 16.5. The van der Waals surface area contributed by atoms with Gasteiger partial charge in [-0.25, -0.2) is 0 Å². The standard InChI is InChI=1S/C22H29N3O2/c1-16-19(10-20(24(16)3)17-8-6-5-7-9-17)21(26)25-14-22(15-25)11-18(12-27-4)23(2)13-22/h5-10,18H,11-15H2,1-4H3. The third kappa shape index (κ3) is 3.09. The molecular weight excluding hydrogens is 338 g/mol. The third-order valence-corrected chi connectivity index (χ3v) is 6.41. The molecule has 2 aromatic rings. The maximum Gasteiger partial charge on any atom is 0.255 e. The summed E-state index contributed by atoms with van der Waals surface area (Å²) >= 11 is 0. The number of nitrogens with zero attached hydrogens (tertiary/aromatic N) is 3. The lowest BCUT2D eigenvalue weighted by molar-refractivity contribution is 0.0112. The summed E-state index contributed by atoms with van der Waals surface area (Å²) in [5.41, 5.74) is 4.33. The van der Waals surface area contributed by atoms with E-state index >= 15 is 0 Å². The Hall–Kier alpha value is -2.11. The predicted molar refractivity (Wildman–Crippen MR) is 107 cm³/mol. The van der Waals surface area contributed by atoms with Gasteiger partial charge in [0.05, 0.1) is 12.2 Å². The van der Waals surface area contributed by atoms with Gasteiger partial charge in [0.25, 0.3) is 5.91 Å². The van der Waals surface area contributed by atoms with Crippen molar-refractivity contribution in [3.8, 4) is 11.3 Å². The lowest BCUT2D eigenvalue weighted by Gasteiger charge is -2.48. The number of methoxy groups -OCH3 is 1. The molecule has 0 aliphatic carbocycles. The van der Waals surface area contributed by atoms with E-state index in [2.05, 4.69) is 28.6 Å². The van der Waals surface area contributed by atoms with E-state index < -0.39 is 0 Å². The van der Waals surface area contributed by atoms with Gasteiger partial charge < -0.3 is 19.1 Å². The predicted octanol–water partition coefficient (Wildman–Crippen LogP) is 2.79. The number of carbonyl (C=O) groups is 1. The molecule has 2 aliphatic rings. The van der Waals surface area contributed by atoms with E-state index in [-0.39, 0.29) is 11.3 Å². The number of ether oxygens (including phenoxy) is 1. The monoisotopic (exact) mass is 367 g/mol. The van der Waals surface area contributed by atoms with Gasteiger partial charge in [-0.3, -0.25) is 4.79 Å². The van der Waals surface area contributed by atoms with Gasteiger partial charge in [0.2, 0.25) is 0 Å². The Morgan fingerprint density at radius 3 is 2.56 bits per heavy atom. The van der Waals surface area contributed by atoms with Crippen LogP contribution in [0.15, 0.2) is 36.4 Å². The highest BCUT2D eigenvalue weighted by Crippen LogP contribution is 2.43. The van der Waals surface area contributed by atoms with Crippen LogP contribution in [0.2, 0.25) is 0 Å². The zero-order chi connectivity index (χ0) is 19.2. The van der Waals surface area contributed by atoms with Crippen LogP contribution < -0.4 is 0 Å². The summed E-state index contributed by atoms with van der Waals surface area (Å²) in [6, 6.07) is 12.8. The molecule has 2 aliphatic heterocycles. The number of aromatic nitrogens is 1. The summed E-state index contributed by atoms with van der Waals surface area (Å²) in [6.45, 7) is 5.56. The maximum absolute atomic E-state index is 13.1. The number of likely N-dealkylation sites (N-methyl/N-ethyl adjacent to an activating group) is 1. The fourth-order valence-corrected chi connectivity index (χ4v) is 4.87. The van der Waals surface area contributed by atoms with Crippen molar-refractivity contribution in [3.63, 3.8) is 0 Å². The second kappa shape index (κ2) is 6.80. The molecule has 5 nitrogen and oxygen atoms in total. The van der Waals surface area contributed by atoms with E-state index in [0.717, 1.165) is 55.2 Å². The number of rotatable bonds is 4. The first-order valence-electron chi connectivity index (χ1n) is 9.64. The van der Waals surface area contributed by atoms with Crippen molar-refractivity contribution in [1.82, 2.24) is 14.4 Å². The fraction of sp³-hybridized carbons (Fsp3) is 0.500. The Balaban J connectivity index is 1.49. The average molecular weight is 367 g/mol. The van der Waals surface area contributed by atoms with Gasteiger partial charge in [-0.2, -0.15) is 0 Å². The minimum atomic E-state index is 0.161. The van der Waals surface area contributed by atoms with E-state index in [9.17, 15) is 4.79 Å². The van der Waals surface area contributed by atoms with Gasteiger partial charge in [0.1, 0.15) is 0 Å². The first kappa shape index (κ1) is 18.3. The van der Waals surface area contributed by atoms with Crippen LogP contribution in [0.4, 0.5) is 0 Å². The summed E-state index contributed by atoms with van der Waals surface area (Å²) in [6.07, 6.45) is 1.12. The lowest BCUT2D eigenvalue weighted by Crippen LogP contribution is -2.59. The molecule has 3 heterocycles. The van der Waals surface area contributed by atoms with E-state index in [1.165, 1.54) is 0 Å². The smallest absolute Gasteiger partial charge is 0.255 e. The van der Waals surface area contributed by atoms with Crippen LogP contribution in [-0.2, 0) is 11.8 Å². The van der Waals surface area contributed by atoms with Crippen molar-refractivity contribution in [2.45, 2.75) is 19.4 Å². The van der Waals surface area contributed by atoms with Crippen molar-refractivity contribution in [2.24, 2.45) is 12.5 Å². The number of likely N-dealkylation sites (tertiary alicyclic amines) is 2. The van der Waals surface area contributed by atoms with Gasteiger partial charge in [0, 0.05) is 56.6 Å². The minimum absolute atomic E-state index is 0.161. The molecule has 1 unspecified atom stereocenters. The number of benzene rings is 1. The van der Waals surface area contributed by atoms with Crippen LogP contribution >= 0.6 is 0 Å². The molecule has 2 fully saturated rings. The van der Waals surface area contributed by atoms with Crippen molar-refractivity contribution in [2.75, 3.05) is 40.4 Å². The largest absolute Gasteiger partial charge is 0.383 e. The average Bonchev–Trinajstić information content (AvgIpc) is 3.12. The molecule has 1 spiro atoms. The van der Waals surface area contributed by atoms with Crippen molar-refractivity contribution in [1.29, 1.82) is 0 Å². The van der Waals surface area contributed by atoms with Gasteiger partial charge in [-0.15, -0.1) is 0 Å². The van der Waals surface area contributed by atoms with Gasteiger partial charge in [-0.05, 0) is 32.0 Å². The van der Waals surface area contributed by atoms with Crippen LogP contribution in [-0.4, -0.2) is 66.7 Å². The molecule has 144 valence electrons. The second-order valence-corrected chi connectivity index (χ2v) is 8.34. The summed E-state index contributed by atoms with van der Waals surface area (Å²) in [7, 11) is 5.96. The van der Waals surface area contributed by atoms with E-state index in [0.29, 0.717) is 6.04 Å². The Kier molecular flexibility index (Phi) is 4.60. The molecule has 27 heavy (non-hydrogen) atoms. The normalized spacial score (nSPS) is 21.6. The van der Waals surface area contributed by atoms with Crippen molar-refractivity contribution in [3.05, 3.63) is 47.7 Å². The minimum Gasteiger partial charge on any atom is -0.383 e. The SMILES string of the molecule is COCC1CC2(CN(C(=O)c3cc(-c4ccccc4)n(C)c3C)C2)CN1C. The Morgan fingerprint density at radius 2 is 1.89 bits per heavy atom. The summed E-state index contributed by atoms with van der Waals surface area (Å²) in [4.78, 5) is 17.5. The van der Waals surface area contributed by atoms with E-state index in [4.69, 9.17) is 4.74 Å². The quantitative estimate of drug-likeness (QED) is 0.834. The lowest BCUT2D eigenvalue weighted by atomic mass is 9.77. The van der Waals surface area contributed by atoms with Gasteiger partial charge in [-0.1, -0.05) is 30.3 Å². The highest BCUT2D eigenvalue weighted by molar-refractivity contribution is 5.97. The number of hydrogen-bond acceptors (Lipinski definition) is 3. The van der Waals surface area contributed by atoms with Crippen LogP contribution in [0.25, 0.3) is 11.3 Å². The number of amides is 1. The fourth-order valence-electron chi connectivity index (χ4n) is 4.87. The van der Waals surface area contributed by atoms with Gasteiger partial charge in [0.15, 0.2) is 0 Å². The summed E-state index contributed by atoms with van der Waals surface area (Å²) in [5.74, 6) is 0.161. The van der Waals surface area contributed by atoms with Crippen molar-refractivity contribution < 1.29 is 9.53 Å². The summed E-state index contributed by atoms with van der Waals surface area (Å²) < 4.78 is 7.47. The highest BCUT2D eigenvalue weighted by Gasteiger charge is 2.52. The number of hydrogen-bond donors (Lipinski definition) is 0. The maximum atomic E-state index is 13.1. The third-order valence-electron chi connectivity index (χ3n) is 6.41. The molecule has 1 aromatic heterocycles. The Bertz CT molecular complexity index is 837. The first-order chi connectivity index (χ1) is 12.9. The van der Waals surface area contributed by atoms with Crippen molar-refractivity contribution >= 4 is 5.91 Å². The Labute approximate surface area is 161 Å². The molecule has 0 radical (unpaired) electrons. The van der Waals surface area contributed by atoms with E-state index in [1.54, 1.807) is 7.11 Å². The molecular formula is C22H29N3O2. The van der Waals surface area contributed by atoms with E-state index in [1.807, 2.05) is 43.1 Å². The van der Waals surface area contributed by atoms with Crippen LogP contribution in [0.3, 0.4) is 0 Å². The van der Waals surface area contributed by atoms with Crippen LogP contribution in [0.5, 0.6) is 0 Å². The molecule has 5 heteroatoms. The summed E-state index contributed by atoms with van der Waals surface area (Å²) in [5, 5.41) is 0. The zero-order valence-corrected chi connectivity index (χ0v) is 16.7. The molecule has 1 atom stereocenters. The second-order valence-electron chi connectivity index (χ2n) is 8.34. The Morgan fingerprint density at radius 1 is 1.19 bits per heavy atom. The zero-order valence-electron chi connectivity index (χ0n) is 16.7. The molecule has 4 rings (SSSR count).